The molecule has 3 rings (SSSR count). The van der Waals surface area contributed by atoms with Crippen LogP contribution in [0, 0.1) is 0 Å². The number of benzene rings is 1. The van der Waals surface area contributed by atoms with Gasteiger partial charge in [-0.15, -0.1) is 21.5 Å². The number of halogens is 2. The van der Waals surface area contributed by atoms with Gasteiger partial charge in [0.05, 0.1) is 14.2 Å². The van der Waals surface area contributed by atoms with Crippen LogP contribution in [-0.4, -0.2) is 21.3 Å². The van der Waals surface area contributed by atoms with Gasteiger partial charge in [0.25, 0.3) is 5.89 Å². The molecule has 1 N–H and O–H groups in total. The highest BCUT2D eigenvalue weighted by Gasteiger charge is 2.14. The summed E-state index contributed by atoms with van der Waals surface area (Å²) >= 11 is 8.30. The molecule has 0 unspecified atom stereocenters. The standard InChI is InChI=1S/C13H6Br2N2O3S/c14-8-5-9(21-10(8)15)12-17-16-11(20-12)6-1-3-7(4-2-6)13(18)19/h1-5H,(H,18,19). The minimum Gasteiger partial charge on any atom is -0.478 e. The van der Waals surface area contributed by atoms with Crippen LogP contribution in [0.4, 0.5) is 0 Å². The van der Waals surface area contributed by atoms with Crippen LogP contribution in [-0.2, 0) is 0 Å². The Labute approximate surface area is 139 Å². The fourth-order valence-electron chi connectivity index (χ4n) is 1.65. The largest absolute Gasteiger partial charge is 0.478 e. The molecule has 0 fully saturated rings. The van der Waals surface area contributed by atoms with E-state index in [4.69, 9.17) is 9.52 Å². The summed E-state index contributed by atoms with van der Waals surface area (Å²) in [5, 5.41) is 16.9. The molecule has 8 heteroatoms. The molecule has 106 valence electrons. The Kier molecular flexibility index (Phi) is 3.92. The van der Waals surface area contributed by atoms with Gasteiger partial charge in [0.15, 0.2) is 0 Å². The third kappa shape index (κ3) is 2.92. The topological polar surface area (TPSA) is 76.2 Å². The van der Waals surface area contributed by atoms with Crippen LogP contribution in [0.3, 0.4) is 0 Å². The summed E-state index contributed by atoms with van der Waals surface area (Å²) in [7, 11) is 0. The predicted octanol–water partition coefficient (Wildman–Crippen LogP) is 4.69. The first-order valence-corrected chi connectivity index (χ1v) is 8.07. The summed E-state index contributed by atoms with van der Waals surface area (Å²) in [4.78, 5) is 11.7. The van der Waals surface area contributed by atoms with E-state index in [-0.39, 0.29) is 5.56 Å². The Morgan fingerprint density at radius 3 is 2.38 bits per heavy atom. The van der Waals surface area contributed by atoms with E-state index < -0.39 is 5.97 Å². The molecule has 0 aliphatic heterocycles. The zero-order valence-electron chi connectivity index (χ0n) is 10.2. The van der Waals surface area contributed by atoms with Crippen molar-refractivity contribution in [3.8, 4) is 22.2 Å². The maximum Gasteiger partial charge on any atom is 0.335 e. The van der Waals surface area contributed by atoms with Crippen molar-refractivity contribution >= 4 is 49.2 Å². The fourth-order valence-corrected chi connectivity index (χ4v) is 3.60. The van der Waals surface area contributed by atoms with E-state index in [2.05, 4.69) is 42.1 Å². The van der Waals surface area contributed by atoms with E-state index in [1.807, 2.05) is 6.07 Å². The molecule has 0 atom stereocenters. The molecule has 21 heavy (non-hydrogen) atoms. The van der Waals surface area contributed by atoms with E-state index >= 15 is 0 Å². The lowest BCUT2D eigenvalue weighted by atomic mass is 10.1. The van der Waals surface area contributed by atoms with Gasteiger partial charge in [0, 0.05) is 10.0 Å². The number of carboxylic acids is 1. The second kappa shape index (κ2) is 5.70. The molecule has 2 heterocycles. The number of aromatic nitrogens is 2. The van der Waals surface area contributed by atoms with Crippen molar-refractivity contribution in [3.05, 3.63) is 44.2 Å². The van der Waals surface area contributed by atoms with Crippen molar-refractivity contribution in [2.45, 2.75) is 0 Å². The van der Waals surface area contributed by atoms with Gasteiger partial charge in [0.1, 0.15) is 0 Å². The van der Waals surface area contributed by atoms with Crippen LogP contribution in [0.5, 0.6) is 0 Å². The summed E-state index contributed by atoms with van der Waals surface area (Å²) in [5.41, 5.74) is 0.887. The average molecular weight is 430 g/mol. The number of hydrogen-bond donors (Lipinski definition) is 1. The van der Waals surface area contributed by atoms with E-state index in [0.29, 0.717) is 17.3 Å². The highest BCUT2D eigenvalue weighted by molar-refractivity contribution is 9.13. The Morgan fingerprint density at radius 2 is 1.81 bits per heavy atom. The van der Waals surface area contributed by atoms with Gasteiger partial charge in [-0.3, -0.25) is 0 Å². The Hall–Kier alpha value is -1.51. The number of nitrogens with zero attached hydrogens (tertiary/aromatic N) is 2. The van der Waals surface area contributed by atoms with Crippen molar-refractivity contribution in [1.82, 2.24) is 10.2 Å². The lowest BCUT2D eigenvalue weighted by Gasteiger charge is -1.96. The molecule has 3 aromatic rings. The van der Waals surface area contributed by atoms with Crippen LogP contribution in [0.2, 0.25) is 0 Å². The number of hydrogen-bond acceptors (Lipinski definition) is 5. The minimum absolute atomic E-state index is 0.213. The summed E-state index contributed by atoms with van der Waals surface area (Å²) in [6, 6.07) is 8.17. The first kappa shape index (κ1) is 14.4. The van der Waals surface area contributed by atoms with Crippen molar-refractivity contribution in [2.75, 3.05) is 0 Å². The van der Waals surface area contributed by atoms with Crippen LogP contribution in [0.1, 0.15) is 10.4 Å². The molecule has 0 amide bonds. The molecule has 0 saturated heterocycles. The number of carboxylic acid groups (broad SMARTS) is 1. The molecule has 1 aromatic carbocycles. The third-order valence-electron chi connectivity index (χ3n) is 2.66. The van der Waals surface area contributed by atoms with Gasteiger partial charge in [-0.2, -0.15) is 0 Å². The number of carbonyl (C=O) groups is 1. The van der Waals surface area contributed by atoms with Crippen molar-refractivity contribution in [1.29, 1.82) is 0 Å². The molecule has 0 spiro atoms. The third-order valence-corrected chi connectivity index (χ3v) is 5.90. The number of thiophene rings is 1. The van der Waals surface area contributed by atoms with Gasteiger partial charge in [-0.05, 0) is 62.2 Å². The zero-order valence-corrected chi connectivity index (χ0v) is 14.2. The van der Waals surface area contributed by atoms with Crippen LogP contribution in [0.15, 0.2) is 43.0 Å². The first-order valence-electron chi connectivity index (χ1n) is 5.67. The SMILES string of the molecule is O=C(O)c1ccc(-c2nnc(-c3cc(Br)c(Br)s3)o2)cc1. The van der Waals surface area contributed by atoms with E-state index in [1.165, 1.54) is 23.5 Å². The summed E-state index contributed by atoms with van der Waals surface area (Å²) < 4.78 is 7.49. The minimum atomic E-state index is -0.971. The molecule has 0 aliphatic carbocycles. The van der Waals surface area contributed by atoms with Gasteiger partial charge < -0.3 is 9.52 Å². The summed E-state index contributed by atoms with van der Waals surface area (Å²) in [5.74, 6) is -0.202. The highest BCUT2D eigenvalue weighted by Crippen LogP contribution is 2.38. The average Bonchev–Trinajstić information content (AvgIpc) is 3.07. The van der Waals surface area contributed by atoms with Crippen LogP contribution < -0.4 is 0 Å². The normalized spacial score (nSPS) is 10.8. The molecular weight excluding hydrogens is 424 g/mol. The summed E-state index contributed by atoms with van der Waals surface area (Å²) in [6.45, 7) is 0. The first-order chi connectivity index (χ1) is 10.0. The van der Waals surface area contributed by atoms with Gasteiger partial charge >= 0.3 is 5.97 Å². The molecule has 0 saturated carbocycles. The predicted molar refractivity (Wildman–Crippen MR) is 85.4 cm³/mol. The van der Waals surface area contributed by atoms with E-state index in [0.717, 1.165) is 13.1 Å². The molecule has 0 radical (unpaired) electrons. The van der Waals surface area contributed by atoms with Crippen LogP contribution in [0.25, 0.3) is 22.2 Å². The van der Waals surface area contributed by atoms with Crippen molar-refractivity contribution < 1.29 is 14.3 Å². The van der Waals surface area contributed by atoms with Gasteiger partial charge in [-0.1, -0.05) is 0 Å². The Balaban J connectivity index is 1.92. The van der Waals surface area contributed by atoms with E-state index in [9.17, 15) is 4.79 Å². The summed E-state index contributed by atoms with van der Waals surface area (Å²) in [6.07, 6.45) is 0. The molecule has 0 bridgehead atoms. The lowest BCUT2D eigenvalue weighted by molar-refractivity contribution is 0.0697. The fraction of sp³-hybridized carbons (Fsp3) is 0. The number of rotatable bonds is 3. The molecule has 5 nitrogen and oxygen atoms in total. The monoisotopic (exact) mass is 428 g/mol. The lowest BCUT2D eigenvalue weighted by Crippen LogP contribution is -1.94. The molecule has 0 aliphatic rings. The maximum absolute atomic E-state index is 10.8. The van der Waals surface area contributed by atoms with Crippen molar-refractivity contribution in [2.24, 2.45) is 0 Å². The zero-order chi connectivity index (χ0) is 15.0. The van der Waals surface area contributed by atoms with Gasteiger partial charge in [0.2, 0.25) is 5.89 Å². The highest BCUT2D eigenvalue weighted by atomic mass is 79.9. The molecular formula is C13H6Br2N2O3S. The van der Waals surface area contributed by atoms with Crippen LogP contribution >= 0.6 is 43.2 Å². The Bertz CT molecular complexity index is 792. The second-order valence-electron chi connectivity index (χ2n) is 4.03. The molecule has 2 aromatic heterocycles. The van der Waals surface area contributed by atoms with Crippen molar-refractivity contribution in [3.63, 3.8) is 0 Å². The smallest absolute Gasteiger partial charge is 0.335 e. The quantitative estimate of drug-likeness (QED) is 0.653. The maximum atomic E-state index is 10.8. The number of aromatic carboxylic acids is 1. The second-order valence-corrected chi connectivity index (χ2v) is 7.25. The Morgan fingerprint density at radius 1 is 1.14 bits per heavy atom. The van der Waals surface area contributed by atoms with E-state index in [1.54, 1.807) is 12.1 Å². The van der Waals surface area contributed by atoms with Gasteiger partial charge in [-0.25, -0.2) is 4.79 Å².